The summed E-state index contributed by atoms with van der Waals surface area (Å²) in [6.07, 6.45) is 7.60. The van der Waals surface area contributed by atoms with E-state index >= 15 is 0 Å². The second-order valence-electron chi connectivity index (χ2n) is 5.90. The Morgan fingerprint density at radius 1 is 0.611 bits per heavy atom. The molecule has 2 fully saturated rings. The molecule has 0 radical (unpaired) electrons. The number of carboxylic acids is 2. The summed E-state index contributed by atoms with van der Waals surface area (Å²) >= 11 is 0. The minimum Gasteiger partial charge on any atom is -0.481 e. The minimum atomic E-state index is -1.02. The van der Waals surface area contributed by atoms with Crippen molar-refractivity contribution in [3.8, 4) is 0 Å². The van der Waals surface area contributed by atoms with E-state index < -0.39 is 22.8 Å². The van der Waals surface area contributed by atoms with Gasteiger partial charge in [-0.15, -0.1) is 0 Å². The molecule has 0 unspecified atom stereocenters. The molecule has 2 N–H and O–H groups in total. The topological polar surface area (TPSA) is 74.6 Å². The van der Waals surface area contributed by atoms with Gasteiger partial charge < -0.3 is 10.2 Å². The van der Waals surface area contributed by atoms with Gasteiger partial charge in [-0.2, -0.15) is 0 Å². The highest BCUT2D eigenvalue weighted by Gasteiger charge is 2.60. The summed E-state index contributed by atoms with van der Waals surface area (Å²) in [7, 11) is 0. The van der Waals surface area contributed by atoms with Crippen LogP contribution < -0.4 is 0 Å². The van der Waals surface area contributed by atoms with Crippen LogP contribution in [0.5, 0.6) is 0 Å². The second kappa shape index (κ2) is 4.90. The van der Waals surface area contributed by atoms with E-state index in [1.165, 1.54) is 0 Å². The van der Waals surface area contributed by atoms with Gasteiger partial charge in [0.25, 0.3) is 0 Å². The van der Waals surface area contributed by atoms with E-state index in [1.807, 2.05) is 0 Å². The summed E-state index contributed by atoms with van der Waals surface area (Å²) in [6, 6.07) is 0. The molecular weight excluding hydrogens is 232 g/mol. The van der Waals surface area contributed by atoms with Crippen LogP contribution in [-0.4, -0.2) is 22.2 Å². The fourth-order valence-electron chi connectivity index (χ4n) is 4.10. The van der Waals surface area contributed by atoms with Gasteiger partial charge in [0.05, 0.1) is 10.8 Å². The molecule has 4 nitrogen and oxygen atoms in total. The summed E-state index contributed by atoms with van der Waals surface area (Å²) in [5.41, 5.74) is -2.03. The zero-order valence-corrected chi connectivity index (χ0v) is 10.8. The number of carbonyl (C=O) groups is 2. The predicted molar refractivity (Wildman–Crippen MR) is 66.3 cm³/mol. The van der Waals surface area contributed by atoms with Gasteiger partial charge in [0.1, 0.15) is 0 Å². The number of aliphatic carboxylic acids is 2. The standard InChI is InChI=1S/C14H22O4/c15-11(16)13(7-3-1-4-8-13)14(12(17)18)9-5-2-6-10-14/h1-10H2,(H,15,16)(H,17,18). The molecule has 2 aliphatic rings. The number of hydrogen-bond acceptors (Lipinski definition) is 2. The zero-order chi connectivity index (χ0) is 13.2. The molecule has 0 saturated heterocycles. The fourth-order valence-corrected chi connectivity index (χ4v) is 4.10. The third-order valence-electron chi connectivity index (χ3n) is 5.15. The van der Waals surface area contributed by atoms with Gasteiger partial charge in [-0.05, 0) is 25.7 Å². The van der Waals surface area contributed by atoms with E-state index in [-0.39, 0.29) is 0 Å². The molecule has 4 heteroatoms. The monoisotopic (exact) mass is 254 g/mol. The largest absolute Gasteiger partial charge is 0.481 e. The van der Waals surface area contributed by atoms with E-state index in [1.54, 1.807) is 0 Å². The van der Waals surface area contributed by atoms with Crippen molar-refractivity contribution in [2.45, 2.75) is 64.2 Å². The molecule has 0 amide bonds. The third kappa shape index (κ3) is 1.82. The number of hydrogen-bond donors (Lipinski definition) is 2. The molecule has 102 valence electrons. The molecule has 0 aromatic rings. The van der Waals surface area contributed by atoms with Gasteiger partial charge in [0.15, 0.2) is 0 Å². The van der Waals surface area contributed by atoms with Crippen molar-refractivity contribution in [2.75, 3.05) is 0 Å². The lowest BCUT2D eigenvalue weighted by Crippen LogP contribution is -2.54. The van der Waals surface area contributed by atoms with Crippen LogP contribution in [0.2, 0.25) is 0 Å². The highest BCUT2D eigenvalue weighted by Crippen LogP contribution is 2.57. The summed E-state index contributed by atoms with van der Waals surface area (Å²) in [5, 5.41) is 19.4. The zero-order valence-electron chi connectivity index (χ0n) is 10.8. The van der Waals surface area contributed by atoms with E-state index in [0.717, 1.165) is 38.5 Å². The molecule has 18 heavy (non-hydrogen) atoms. The summed E-state index contributed by atoms with van der Waals surface area (Å²) < 4.78 is 0. The van der Waals surface area contributed by atoms with Crippen molar-refractivity contribution in [1.82, 2.24) is 0 Å². The molecule has 0 bridgehead atoms. The fraction of sp³-hybridized carbons (Fsp3) is 0.857. The molecule has 0 aromatic heterocycles. The first-order valence-electron chi connectivity index (χ1n) is 7.02. The Labute approximate surface area is 107 Å². The first-order chi connectivity index (χ1) is 8.55. The van der Waals surface area contributed by atoms with E-state index in [4.69, 9.17) is 0 Å². The predicted octanol–water partition coefficient (Wildman–Crippen LogP) is 3.06. The SMILES string of the molecule is O=C(O)C1(C2(C(=O)O)CCCCC2)CCCCC1. The van der Waals surface area contributed by atoms with Gasteiger partial charge in [0, 0.05) is 0 Å². The molecule has 0 spiro atoms. The van der Waals surface area contributed by atoms with Crippen LogP contribution in [0.4, 0.5) is 0 Å². The van der Waals surface area contributed by atoms with Gasteiger partial charge in [-0.25, -0.2) is 0 Å². The van der Waals surface area contributed by atoms with Crippen LogP contribution in [-0.2, 0) is 9.59 Å². The average molecular weight is 254 g/mol. The lowest BCUT2D eigenvalue weighted by atomic mass is 9.52. The van der Waals surface area contributed by atoms with Crippen LogP contribution >= 0.6 is 0 Å². The molecule has 2 saturated carbocycles. The van der Waals surface area contributed by atoms with E-state index in [9.17, 15) is 19.8 Å². The number of carboxylic acid groups (broad SMARTS) is 2. The Bertz CT molecular complexity index is 302. The van der Waals surface area contributed by atoms with Crippen LogP contribution in [0.25, 0.3) is 0 Å². The van der Waals surface area contributed by atoms with Crippen LogP contribution in [0, 0.1) is 10.8 Å². The molecule has 0 atom stereocenters. The van der Waals surface area contributed by atoms with Crippen molar-refractivity contribution in [3.63, 3.8) is 0 Å². The van der Waals surface area contributed by atoms with Gasteiger partial charge >= 0.3 is 11.9 Å². The quantitative estimate of drug-likeness (QED) is 0.811. The summed E-state index contributed by atoms with van der Waals surface area (Å²) in [6.45, 7) is 0. The molecular formula is C14H22O4. The van der Waals surface area contributed by atoms with Crippen molar-refractivity contribution < 1.29 is 19.8 Å². The molecule has 2 aliphatic carbocycles. The maximum Gasteiger partial charge on any atom is 0.310 e. The van der Waals surface area contributed by atoms with Gasteiger partial charge in [0.2, 0.25) is 0 Å². The minimum absolute atomic E-state index is 0.536. The molecule has 0 heterocycles. The van der Waals surface area contributed by atoms with Crippen molar-refractivity contribution >= 4 is 11.9 Å². The molecule has 2 rings (SSSR count). The van der Waals surface area contributed by atoms with Gasteiger partial charge in [-0.3, -0.25) is 9.59 Å². The van der Waals surface area contributed by atoms with E-state index in [2.05, 4.69) is 0 Å². The molecule has 0 aromatic carbocycles. The van der Waals surface area contributed by atoms with Gasteiger partial charge in [-0.1, -0.05) is 38.5 Å². The highest BCUT2D eigenvalue weighted by molar-refractivity contribution is 5.86. The van der Waals surface area contributed by atoms with Crippen LogP contribution in [0.15, 0.2) is 0 Å². The Kier molecular flexibility index (Phi) is 3.64. The average Bonchev–Trinajstić information content (AvgIpc) is 2.40. The van der Waals surface area contributed by atoms with Crippen molar-refractivity contribution in [1.29, 1.82) is 0 Å². The van der Waals surface area contributed by atoms with E-state index in [0.29, 0.717) is 25.7 Å². The second-order valence-corrected chi connectivity index (χ2v) is 5.90. The van der Waals surface area contributed by atoms with Crippen LogP contribution in [0.3, 0.4) is 0 Å². The van der Waals surface area contributed by atoms with Crippen LogP contribution in [0.1, 0.15) is 64.2 Å². The third-order valence-corrected chi connectivity index (χ3v) is 5.15. The Morgan fingerprint density at radius 2 is 0.889 bits per heavy atom. The maximum atomic E-state index is 11.8. The molecule has 0 aliphatic heterocycles. The van der Waals surface area contributed by atoms with Crippen molar-refractivity contribution in [2.24, 2.45) is 10.8 Å². The maximum absolute atomic E-state index is 11.8. The highest BCUT2D eigenvalue weighted by atomic mass is 16.4. The van der Waals surface area contributed by atoms with Crippen molar-refractivity contribution in [3.05, 3.63) is 0 Å². The first kappa shape index (κ1) is 13.4. The normalized spacial score (nSPS) is 26.4. The first-order valence-corrected chi connectivity index (χ1v) is 7.02. The lowest BCUT2D eigenvalue weighted by Gasteiger charge is -2.49. The Hall–Kier alpha value is -1.06. The Balaban J connectivity index is 2.42. The lowest BCUT2D eigenvalue weighted by molar-refractivity contribution is -0.182. The summed E-state index contributed by atoms with van der Waals surface area (Å²) in [4.78, 5) is 23.6. The number of rotatable bonds is 3. The Morgan fingerprint density at radius 3 is 1.11 bits per heavy atom. The smallest absolute Gasteiger partial charge is 0.310 e. The summed E-state index contributed by atoms with van der Waals surface area (Å²) in [5.74, 6) is -1.77.